The van der Waals surface area contributed by atoms with Crippen LogP contribution in [0, 0.1) is 5.92 Å². The molecule has 0 heterocycles. The van der Waals surface area contributed by atoms with Crippen molar-refractivity contribution in [1.29, 1.82) is 0 Å². The van der Waals surface area contributed by atoms with Crippen molar-refractivity contribution in [3.05, 3.63) is 9.16 Å². The first-order valence-electron chi connectivity index (χ1n) is 11.0. The Balaban J connectivity index is 2.88. The Labute approximate surface area is 156 Å². The van der Waals surface area contributed by atoms with Crippen molar-refractivity contribution in [3.63, 3.8) is 0 Å². The molecule has 0 unspecified atom stereocenters. The van der Waals surface area contributed by atoms with Crippen molar-refractivity contribution in [2.45, 2.75) is 112 Å². The fourth-order valence-corrected chi connectivity index (χ4v) is 23.3. The molecule has 0 radical (unpaired) electrons. The molecule has 0 aromatic carbocycles. The van der Waals surface area contributed by atoms with E-state index in [-0.39, 0.29) is 0 Å². The molecular formula is C22H44OSn. The minimum atomic E-state index is -2.22. The summed E-state index contributed by atoms with van der Waals surface area (Å²) in [6.07, 6.45) is 15.1. The molecule has 0 aliphatic heterocycles. The van der Waals surface area contributed by atoms with Gasteiger partial charge in [0.2, 0.25) is 0 Å². The fraction of sp³-hybridized carbons (Fsp3) is 0.909. The average Bonchev–Trinajstić information content (AvgIpc) is 3.32. The van der Waals surface area contributed by atoms with Gasteiger partial charge in [0.25, 0.3) is 0 Å². The molecule has 1 rings (SSSR count). The molecular weight excluding hydrogens is 399 g/mol. The van der Waals surface area contributed by atoms with Crippen LogP contribution < -0.4 is 0 Å². The first-order valence-corrected chi connectivity index (χ1v) is 18.5. The van der Waals surface area contributed by atoms with Crippen LogP contribution in [0.2, 0.25) is 13.3 Å². The van der Waals surface area contributed by atoms with Gasteiger partial charge in [0.1, 0.15) is 0 Å². The molecule has 0 bridgehead atoms. The van der Waals surface area contributed by atoms with Gasteiger partial charge in [0, 0.05) is 0 Å². The van der Waals surface area contributed by atoms with Crippen LogP contribution in [-0.2, 0) is 0 Å². The summed E-state index contributed by atoms with van der Waals surface area (Å²) < 4.78 is 6.62. The van der Waals surface area contributed by atoms with Gasteiger partial charge in [0.05, 0.1) is 0 Å². The van der Waals surface area contributed by atoms with Crippen molar-refractivity contribution in [2.24, 2.45) is 5.92 Å². The second kappa shape index (κ2) is 12.8. The number of hydrogen-bond donors (Lipinski definition) is 1. The quantitative estimate of drug-likeness (QED) is 0.197. The second-order valence-corrected chi connectivity index (χ2v) is 21.2. The van der Waals surface area contributed by atoms with Crippen molar-refractivity contribution < 1.29 is 5.11 Å². The first kappa shape index (κ1) is 22.5. The zero-order valence-corrected chi connectivity index (χ0v) is 20.0. The van der Waals surface area contributed by atoms with Gasteiger partial charge in [-0.25, -0.2) is 0 Å². The molecule has 0 aromatic heterocycles. The topological polar surface area (TPSA) is 20.2 Å². The Bertz CT molecular complexity index is 339. The zero-order valence-electron chi connectivity index (χ0n) is 17.1. The summed E-state index contributed by atoms with van der Waals surface area (Å²) in [4.78, 5) is 0. The molecule has 0 saturated carbocycles. The molecule has 0 spiro atoms. The summed E-state index contributed by atoms with van der Waals surface area (Å²) in [5.74, 6) is 0.549. The summed E-state index contributed by atoms with van der Waals surface area (Å²) in [5.41, 5.74) is 1.76. The molecule has 1 nitrogen and oxygen atoms in total. The predicted octanol–water partition coefficient (Wildman–Crippen LogP) is 7.26. The average molecular weight is 443 g/mol. The standard InChI is InChI=1S/C10H17O.3C4H9.Sn/c1-2-3-4-5-6-9-7-10(9)8-11;3*1-3-4-2;/h10-11H,2-6,8H2,1H3;3*1,3-4H2,2H3;/t10-;;;;/m1..../s1. The SMILES string of the molecule is CCCCCCC1=[C]([Sn]([CH2]CCC)([CH2]CCC)[CH2]CCC)[C@@H]1CO. The Morgan fingerprint density at radius 2 is 1.21 bits per heavy atom. The van der Waals surface area contributed by atoms with E-state index in [2.05, 4.69) is 27.7 Å². The van der Waals surface area contributed by atoms with Gasteiger partial charge in [-0.3, -0.25) is 0 Å². The van der Waals surface area contributed by atoms with E-state index >= 15 is 0 Å². The first-order chi connectivity index (χ1) is 11.7. The van der Waals surface area contributed by atoms with Crippen LogP contribution in [0.1, 0.15) is 98.3 Å². The van der Waals surface area contributed by atoms with E-state index in [0.717, 1.165) is 0 Å². The van der Waals surface area contributed by atoms with Crippen molar-refractivity contribution in [3.8, 4) is 0 Å². The van der Waals surface area contributed by atoms with Crippen LogP contribution in [0.15, 0.2) is 9.16 Å². The Morgan fingerprint density at radius 3 is 1.62 bits per heavy atom. The molecule has 0 saturated heterocycles. The molecule has 142 valence electrons. The summed E-state index contributed by atoms with van der Waals surface area (Å²) in [6, 6.07) is 0. The van der Waals surface area contributed by atoms with Crippen LogP contribution in [-0.4, -0.2) is 30.1 Å². The van der Waals surface area contributed by atoms with E-state index in [0.29, 0.717) is 12.5 Å². The van der Waals surface area contributed by atoms with Gasteiger partial charge in [-0.1, -0.05) is 0 Å². The number of rotatable bonds is 16. The number of aliphatic hydroxyl groups excluding tert-OH is 1. The van der Waals surface area contributed by atoms with Gasteiger partial charge in [0.15, 0.2) is 0 Å². The van der Waals surface area contributed by atoms with Crippen LogP contribution in [0.4, 0.5) is 0 Å². The monoisotopic (exact) mass is 444 g/mol. The minimum absolute atomic E-state index is 0.418. The number of hydrogen-bond acceptors (Lipinski definition) is 1. The van der Waals surface area contributed by atoms with Crippen LogP contribution in [0.3, 0.4) is 0 Å². The summed E-state index contributed by atoms with van der Waals surface area (Å²) in [5, 5.41) is 9.98. The Kier molecular flexibility index (Phi) is 12.0. The third kappa shape index (κ3) is 6.67. The van der Waals surface area contributed by atoms with Gasteiger partial charge >= 0.3 is 157 Å². The third-order valence-electron chi connectivity index (χ3n) is 6.11. The second-order valence-electron chi connectivity index (χ2n) is 8.08. The maximum absolute atomic E-state index is 9.98. The molecule has 1 aliphatic carbocycles. The molecule has 1 aliphatic rings. The van der Waals surface area contributed by atoms with Crippen LogP contribution in [0.5, 0.6) is 0 Å². The number of unbranched alkanes of at least 4 members (excludes halogenated alkanes) is 6. The van der Waals surface area contributed by atoms with E-state index in [1.165, 1.54) is 70.6 Å². The maximum atomic E-state index is 9.98. The van der Waals surface area contributed by atoms with Gasteiger partial charge in [-0.2, -0.15) is 0 Å². The van der Waals surface area contributed by atoms with Crippen LogP contribution in [0.25, 0.3) is 0 Å². The van der Waals surface area contributed by atoms with E-state index in [9.17, 15) is 5.11 Å². The molecule has 24 heavy (non-hydrogen) atoms. The summed E-state index contributed by atoms with van der Waals surface area (Å²) in [7, 11) is 0. The van der Waals surface area contributed by atoms with Gasteiger partial charge < -0.3 is 0 Å². The van der Waals surface area contributed by atoms with Crippen molar-refractivity contribution >= 4 is 18.4 Å². The summed E-state index contributed by atoms with van der Waals surface area (Å²) in [6.45, 7) is 9.77. The van der Waals surface area contributed by atoms with Crippen molar-refractivity contribution in [1.82, 2.24) is 0 Å². The number of aliphatic hydroxyl groups is 1. The van der Waals surface area contributed by atoms with E-state index in [1.54, 1.807) is 18.9 Å². The fourth-order valence-electron chi connectivity index (χ4n) is 4.61. The molecule has 0 amide bonds. The summed E-state index contributed by atoms with van der Waals surface area (Å²) >= 11 is -2.22. The third-order valence-corrected chi connectivity index (χ3v) is 22.5. The van der Waals surface area contributed by atoms with E-state index < -0.39 is 18.4 Å². The predicted molar refractivity (Wildman–Crippen MR) is 111 cm³/mol. The molecule has 0 aromatic rings. The Hall–Kier alpha value is 0.499. The van der Waals surface area contributed by atoms with Crippen molar-refractivity contribution in [2.75, 3.05) is 6.61 Å². The van der Waals surface area contributed by atoms with E-state index in [1.807, 2.05) is 3.59 Å². The molecule has 1 atom stereocenters. The van der Waals surface area contributed by atoms with Gasteiger partial charge in [-0.15, -0.1) is 0 Å². The molecule has 0 fully saturated rings. The molecule has 1 N–H and O–H groups in total. The van der Waals surface area contributed by atoms with E-state index in [4.69, 9.17) is 0 Å². The Morgan fingerprint density at radius 1 is 0.708 bits per heavy atom. The van der Waals surface area contributed by atoms with Crippen LogP contribution >= 0.6 is 0 Å². The normalized spacial score (nSPS) is 17.6. The van der Waals surface area contributed by atoms with Gasteiger partial charge in [-0.05, 0) is 0 Å². The zero-order chi connectivity index (χ0) is 17.8. The molecule has 2 heteroatoms.